The van der Waals surface area contributed by atoms with Crippen LogP contribution in [0.15, 0.2) is 12.4 Å². The summed E-state index contributed by atoms with van der Waals surface area (Å²) < 4.78 is 4.89. The fourth-order valence-electron chi connectivity index (χ4n) is 5.15. The highest BCUT2D eigenvalue weighted by Gasteiger charge is 2.13. The van der Waals surface area contributed by atoms with Gasteiger partial charge < -0.3 is 0 Å². The van der Waals surface area contributed by atoms with Crippen LogP contribution in [0.1, 0.15) is 167 Å². The van der Waals surface area contributed by atoms with Crippen LogP contribution in [0.4, 0.5) is 0 Å². The van der Waals surface area contributed by atoms with E-state index in [1.54, 1.807) is 0 Å². The Hall–Kier alpha value is -0.790. The van der Waals surface area contributed by atoms with Gasteiger partial charge in [0.05, 0.1) is 13.6 Å². The molecule has 0 radical (unpaired) electrons. The molecule has 2 nitrogen and oxygen atoms in total. The molecule has 2 heteroatoms. The van der Waals surface area contributed by atoms with Crippen molar-refractivity contribution in [3.05, 3.63) is 18.2 Å². The zero-order valence-corrected chi connectivity index (χ0v) is 23.2. The van der Waals surface area contributed by atoms with E-state index in [0.29, 0.717) is 0 Å². The van der Waals surface area contributed by atoms with Crippen molar-refractivity contribution < 1.29 is 4.57 Å². The minimum absolute atomic E-state index is 1.21. The lowest BCUT2D eigenvalue weighted by Crippen LogP contribution is -2.37. The third-order valence-corrected chi connectivity index (χ3v) is 7.47. The Bertz CT molecular complexity index is 519. The van der Waals surface area contributed by atoms with Gasteiger partial charge in [0.15, 0.2) is 0 Å². The normalized spacial score (nSPS) is 11.5. The Labute approximate surface area is 208 Å². The van der Waals surface area contributed by atoms with E-state index in [1.165, 1.54) is 166 Å². The smallest absolute Gasteiger partial charge is 0.237 e. The summed E-state index contributed by atoms with van der Waals surface area (Å²) in [5, 5.41) is 0. The molecule has 0 amide bonds. The van der Waals surface area contributed by atoms with Crippen molar-refractivity contribution in [3.8, 4) is 0 Å². The predicted octanol–water partition coefficient (Wildman–Crippen LogP) is 9.87. The summed E-state index contributed by atoms with van der Waals surface area (Å²) >= 11 is 0. The number of hydrogen-bond acceptors (Lipinski definition) is 0. The fraction of sp³-hybridized carbons (Fsp3) is 0.903. The van der Waals surface area contributed by atoms with E-state index in [4.69, 9.17) is 0 Å². The van der Waals surface area contributed by atoms with E-state index < -0.39 is 0 Å². The van der Waals surface area contributed by atoms with Gasteiger partial charge in [0.25, 0.3) is 5.82 Å². The van der Waals surface area contributed by atoms with E-state index >= 15 is 0 Å². The highest BCUT2D eigenvalue weighted by Crippen LogP contribution is 2.14. The molecule has 0 unspecified atom stereocenters. The Morgan fingerprint density at radius 1 is 0.515 bits per heavy atom. The van der Waals surface area contributed by atoms with Crippen LogP contribution in [0.2, 0.25) is 0 Å². The minimum atomic E-state index is 1.21. The van der Waals surface area contributed by atoms with Gasteiger partial charge in [-0.3, -0.25) is 0 Å². The van der Waals surface area contributed by atoms with Crippen LogP contribution in [0.3, 0.4) is 0 Å². The predicted molar refractivity (Wildman–Crippen MR) is 147 cm³/mol. The van der Waals surface area contributed by atoms with Crippen LogP contribution >= 0.6 is 0 Å². The number of hydrogen-bond donors (Lipinski definition) is 0. The van der Waals surface area contributed by atoms with Gasteiger partial charge in [0.2, 0.25) is 0 Å². The van der Waals surface area contributed by atoms with Crippen LogP contribution in [0.5, 0.6) is 0 Å². The fourth-order valence-corrected chi connectivity index (χ4v) is 5.15. The van der Waals surface area contributed by atoms with Gasteiger partial charge in [0.1, 0.15) is 12.4 Å². The summed E-state index contributed by atoms with van der Waals surface area (Å²) in [6.07, 6.45) is 38.7. The maximum absolute atomic E-state index is 2.53. The van der Waals surface area contributed by atoms with Crippen molar-refractivity contribution in [2.45, 2.75) is 174 Å². The molecular weight excluding hydrogens is 400 g/mol. The summed E-state index contributed by atoms with van der Waals surface area (Å²) in [6.45, 7) is 5.82. The molecule has 0 aliphatic carbocycles. The largest absolute Gasteiger partial charge is 0.256 e. The van der Waals surface area contributed by atoms with Crippen LogP contribution in [0, 0.1) is 0 Å². The molecule has 194 valence electrons. The number of imidazole rings is 1. The molecule has 0 aromatic carbocycles. The summed E-state index contributed by atoms with van der Waals surface area (Å²) in [5.41, 5.74) is 0. The quantitative estimate of drug-likeness (QED) is 0.101. The molecule has 0 saturated heterocycles. The summed E-state index contributed by atoms with van der Waals surface area (Å²) in [7, 11) is 2.23. The lowest BCUT2D eigenvalue weighted by molar-refractivity contribution is -0.704. The molecule has 1 heterocycles. The van der Waals surface area contributed by atoms with Crippen LogP contribution < -0.4 is 4.57 Å². The molecule has 0 aliphatic rings. The number of unbranched alkanes of at least 4 members (excludes halogenated alkanes) is 21. The first kappa shape index (κ1) is 30.2. The van der Waals surface area contributed by atoms with Crippen LogP contribution in [0.25, 0.3) is 0 Å². The minimum Gasteiger partial charge on any atom is -0.237 e. The molecular formula is C31H61N2+. The molecule has 0 aliphatic heterocycles. The maximum Gasteiger partial charge on any atom is 0.256 e. The number of aromatic nitrogens is 2. The molecule has 1 rings (SSSR count). The molecule has 0 fully saturated rings. The van der Waals surface area contributed by atoms with E-state index in [0.717, 1.165) is 0 Å². The SMILES string of the molecule is CCCCCCCCCCCCCCCc1n(C)cc[n+]1CCCCCCCCCCCC. The molecule has 0 bridgehead atoms. The second-order valence-corrected chi connectivity index (χ2v) is 10.7. The zero-order chi connectivity index (χ0) is 23.8. The zero-order valence-electron chi connectivity index (χ0n) is 23.2. The van der Waals surface area contributed by atoms with Crippen molar-refractivity contribution in [1.82, 2.24) is 4.57 Å². The van der Waals surface area contributed by atoms with Crippen molar-refractivity contribution in [1.29, 1.82) is 0 Å². The monoisotopic (exact) mass is 461 g/mol. The second-order valence-electron chi connectivity index (χ2n) is 10.7. The highest BCUT2D eigenvalue weighted by molar-refractivity contribution is 4.82. The van der Waals surface area contributed by atoms with Gasteiger partial charge in [-0.15, -0.1) is 0 Å². The molecule has 0 N–H and O–H groups in total. The van der Waals surface area contributed by atoms with Gasteiger partial charge >= 0.3 is 0 Å². The number of nitrogens with zero attached hydrogens (tertiary/aromatic N) is 2. The van der Waals surface area contributed by atoms with Crippen molar-refractivity contribution >= 4 is 0 Å². The Morgan fingerprint density at radius 3 is 1.30 bits per heavy atom. The van der Waals surface area contributed by atoms with Gasteiger partial charge in [-0.25, -0.2) is 9.13 Å². The summed E-state index contributed by atoms with van der Waals surface area (Å²) in [4.78, 5) is 0. The maximum atomic E-state index is 2.53. The number of aryl methyl sites for hydroxylation is 2. The topological polar surface area (TPSA) is 8.81 Å². The first-order valence-corrected chi connectivity index (χ1v) is 15.3. The van der Waals surface area contributed by atoms with Gasteiger partial charge in [-0.1, -0.05) is 142 Å². The third kappa shape index (κ3) is 17.3. The van der Waals surface area contributed by atoms with Crippen molar-refractivity contribution in [2.24, 2.45) is 7.05 Å². The molecule has 1 aromatic heterocycles. The van der Waals surface area contributed by atoms with E-state index in [2.05, 4.69) is 42.4 Å². The van der Waals surface area contributed by atoms with Crippen LogP contribution in [-0.2, 0) is 20.0 Å². The van der Waals surface area contributed by atoms with Crippen molar-refractivity contribution in [3.63, 3.8) is 0 Å². The molecule has 0 atom stereocenters. The van der Waals surface area contributed by atoms with Gasteiger partial charge in [-0.05, 0) is 19.3 Å². The molecule has 33 heavy (non-hydrogen) atoms. The Morgan fingerprint density at radius 2 is 0.879 bits per heavy atom. The van der Waals surface area contributed by atoms with E-state index in [9.17, 15) is 0 Å². The third-order valence-electron chi connectivity index (χ3n) is 7.47. The lowest BCUT2D eigenvalue weighted by atomic mass is 10.0. The molecule has 0 spiro atoms. The average molecular weight is 462 g/mol. The van der Waals surface area contributed by atoms with Gasteiger partial charge in [0, 0.05) is 6.42 Å². The Kier molecular flexibility index (Phi) is 21.1. The van der Waals surface area contributed by atoms with Gasteiger partial charge in [-0.2, -0.15) is 0 Å². The van der Waals surface area contributed by atoms with E-state index in [1.807, 2.05) is 0 Å². The lowest BCUT2D eigenvalue weighted by Gasteiger charge is -2.05. The number of rotatable bonds is 25. The highest BCUT2D eigenvalue weighted by atomic mass is 15.1. The average Bonchev–Trinajstić information content (AvgIpc) is 3.17. The standard InChI is InChI=1S/C31H61N2/c1-4-6-8-10-12-14-16-17-18-19-21-23-25-27-31-32(3)29-30-33(31)28-26-24-22-20-15-13-11-9-7-5-2/h29-30H,4-28H2,1-3H3/q+1. The van der Waals surface area contributed by atoms with E-state index in [-0.39, 0.29) is 0 Å². The Balaban J connectivity index is 1.97. The molecule has 1 aromatic rings. The van der Waals surface area contributed by atoms with Crippen molar-refractivity contribution in [2.75, 3.05) is 0 Å². The van der Waals surface area contributed by atoms with Crippen LogP contribution in [-0.4, -0.2) is 4.57 Å². The first-order chi connectivity index (χ1) is 16.3. The summed E-state index contributed by atoms with van der Waals surface area (Å²) in [5.74, 6) is 1.54. The second kappa shape index (κ2) is 23.0. The first-order valence-electron chi connectivity index (χ1n) is 15.3. The summed E-state index contributed by atoms with van der Waals surface area (Å²) in [6, 6.07) is 0. The molecule has 0 saturated carbocycles.